The molecule has 38 heavy (non-hydrogen) atoms. The number of hydrogen-bond acceptors (Lipinski definition) is 4. The summed E-state index contributed by atoms with van der Waals surface area (Å²) >= 11 is 3.84. The second kappa shape index (κ2) is 13.9. The van der Waals surface area contributed by atoms with Gasteiger partial charge in [-0.25, -0.2) is 0 Å². The molecule has 0 heterocycles. The van der Waals surface area contributed by atoms with Crippen LogP contribution in [0.4, 0.5) is 0 Å². The van der Waals surface area contributed by atoms with E-state index in [2.05, 4.69) is 87.1 Å². The molecule has 3 rings (SSSR count). The maximum atomic E-state index is 7.10. The van der Waals surface area contributed by atoms with Crippen LogP contribution in [0.3, 0.4) is 0 Å². The first kappa shape index (κ1) is 30.6. The zero-order chi connectivity index (χ0) is 27.8. The van der Waals surface area contributed by atoms with Gasteiger partial charge in [0.1, 0.15) is 5.75 Å². The van der Waals surface area contributed by atoms with E-state index in [1.807, 2.05) is 42.5 Å². The Kier molecular flexibility index (Phi) is 11.2. The summed E-state index contributed by atoms with van der Waals surface area (Å²) in [4.78, 5) is 0. The summed E-state index contributed by atoms with van der Waals surface area (Å²) < 4.78 is 26.4. The second-order valence-electron chi connectivity index (χ2n) is 11.4. The van der Waals surface area contributed by atoms with E-state index in [0.29, 0.717) is 26.4 Å². The fourth-order valence-electron chi connectivity index (χ4n) is 4.11. The van der Waals surface area contributed by atoms with Crippen molar-refractivity contribution in [3.05, 3.63) is 99.5 Å². The number of halogens is 1. The molecular formula is C32H43BrO4Si. The predicted molar refractivity (Wildman–Crippen MR) is 162 cm³/mol. The van der Waals surface area contributed by atoms with Crippen LogP contribution in [0.1, 0.15) is 48.9 Å². The van der Waals surface area contributed by atoms with Gasteiger partial charge in [0.25, 0.3) is 0 Å². The van der Waals surface area contributed by atoms with E-state index in [1.165, 1.54) is 0 Å². The van der Waals surface area contributed by atoms with Crippen LogP contribution in [0.2, 0.25) is 18.1 Å². The number of rotatable bonds is 13. The summed E-state index contributed by atoms with van der Waals surface area (Å²) in [5.74, 6) is 0.746. The van der Waals surface area contributed by atoms with Gasteiger partial charge in [-0.15, -0.1) is 0 Å². The minimum atomic E-state index is -2.13. The van der Waals surface area contributed by atoms with Crippen molar-refractivity contribution in [1.29, 1.82) is 0 Å². The molecular weight excluding hydrogens is 556 g/mol. The quantitative estimate of drug-likeness (QED) is 0.184. The van der Waals surface area contributed by atoms with Crippen molar-refractivity contribution in [2.45, 2.75) is 71.1 Å². The van der Waals surface area contributed by atoms with Crippen LogP contribution in [0, 0.1) is 6.92 Å². The third-order valence-corrected chi connectivity index (χ3v) is 12.7. The summed E-state index contributed by atoms with van der Waals surface area (Å²) in [6, 6.07) is 24.8. The van der Waals surface area contributed by atoms with Crippen LogP contribution in [0.25, 0.3) is 0 Å². The van der Waals surface area contributed by atoms with Gasteiger partial charge >= 0.3 is 0 Å². The van der Waals surface area contributed by atoms with Crippen LogP contribution < -0.4 is 4.74 Å². The lowest BCUT2D eigenvalue weighted by Crippen LogP contribution is -2.47. The van der Waals surface area contributed by atoms with Gasteiger partial charge in [0, 0.05) is 5.92 Å². The van der Waals surface area contributed by atoms with Crippen molar-refractivity contribution in [2.24, 2.45) is 0 Å². The first-order chi connectivity index (χ1) is 18.0. The molecule has 0 aliphatic heterocycles. The molecule has 6 heteroatoms. The Labute approximate surface area is 238 Å². The first-order valence-electron chi connectivity index (χ1n) is 13.3. The number of aryl methyl sites for hydroxylation is 1. The monoisotopic (exact) mass is 598 g/mol. The first-order valence-corrected chi connectivity index (χ1v) is 17.0. The molecule has 0 bridgehead atoms. The van der Waals surface area contributed by atoms with Gasteiger partial charge in [0.2, 0.25) is 0 Å². The third-order valence-electron chi connectivity index (χ3n) is 7.33. The highest BCUT2D eigenvalue weighted by Gasteiger charge is 2.41. The molecule has 0 amide bonds. The summed E-state index contributed by atoms with van der Waals surface area (Å²) in [7, 11) is -0.426. The van der Waals surface area contributed by atoms with Crippen LogP contribution >= 0.6 is 15.9 Å². The lowest BCUT2D eigenvalue weighted by atomic mass is 9.92. The minimum Gasteiger partial charge on any atom is -0.496 e. The highest BCUT2D eigenvalue weighted by Crippen LogP contribution is 2.42. The topological polar surface area (TPSA) is 36.9 Å². The molecule has 0 unspecified atom stereocenters. The van der Waals surface area contributed by atoms with Gasteiger partial charge in [-0.2, -0.15) is 0 Å². The normalized spacial score (nSPS) is 13.8. The Morgan fingerprint density at radius 3 is 1.84 bits per heavy atom. The Morgan fingerprint density at radius 1 is 0.816 bits per heavy atom. The van der Waals surface area contributed by atoms with Gasteiger partial charge in [-0.1, -0.05) is 87.5 Å². The average molecular weight is 600 g/mol. The fourth-order valence-corrected chi connectivity index (χ4v) is 6.14. The molecule has 3 aromatic carbocycles. The molecule has 3 aromatic rings. The van der Waals surface area contributed by atoms with Crippen LogP contribution in [0.15, 0.2) is 77.3 Å². The van der Waals surface area contributed by atoms with Crippen molar-refractivity contribution in [1.82, 2.24) is 0 Å². The van der Waals surface area contributed by atoms with E-state index in [4.69, 9.17) is 18.6 Å². The number of benzene rings is 3. The van der Waals surface area contributed by atoms with E-state index in [-0.39, 0.29) is 17.1 Å². The highest BCUT2D eigenvalue weighted by molar-refractivity contribution is 9.10. The molecule has 0 fully saturated rings. The molecule has 0 saturated carbocycles. The van der Waals surface area contributed by atoms with Gasteiger partial charge in [-0.3, -0.25) is 0 Å². The standard InChI is InChI=1S/C32H43BrO4Si/c1-24-18-27(31(33)29(19-24)34-5)28(22-35-20-25-14-10-8-11-15-25)30(37-38(6,7)32(2,3)4)23-36-21-26-16-12-9-13-17-26/h8-19,28,30H,20-23H2,1-7H3/t28-,30+/m0/s1. The second-order valence-corrected chi connectivity index (χ2v) is 16.9. The van der Waals surface area contributed by atoms with E-state index < -0.39 is 8.32 Å². The van der Waals surface area contributed by atoms with Crippen molar-refractivity contribution in [3.63, 3.8) is 0 Å². The molecule has 0 N–H and O–H groups in total. The van der Waals surface area contributed by atoms with E-state index >= 15 is 0 Å². The summed E-state index contributed by atoms with van der Waals surface area (Å²) in [6.07, 6.45) is -0.196. The predicted octanol–water partition coefficient (Wildman–Crippen LogP) is 8.67. The molecule has 2 atom stereocenters. The van der Waals surface area contributed by atoms with E-state index in [0.717, 1.165) is 32.5 Å². The fraction of sp³-hybridized carbons (Fsp3) is 0.438. The zero-order valence-corrected chi connectivity index (χ0v) is 26.5. The molecule has 206 valence electrons. The van der Waals surface area contributed by atoms with Crippen molar-refractivity contribution < 1.29 is 18.6 Å². The van der Waals surface area contributed by atoms with Crippen LogP contribution in [-0.4, -0.2) is 34.7 Å². The Balaban J connectivity index is 1.95. The molecule has 4 nitrogen and oxygen atoms in total. The average Bonchev–Trinajstić information content (AvgIpc) is 2.88. The minimum absolute atomic E-state index is 0.0572. The summed E-state index contributed by atoms with van der Waals surface area (Å²) in [5.41, 5.74) is 4.54. The third kappa shape index (κ3) is 8.52. The summed E-state index contributed by atoms with van der Waals surface area (Å²) in [5, 5.41) is 0.0572. The SMILES string of the molecule is COc1cc(C)cc([C@H](COCc2ccccc2)[C@@H](COCc2ccccc2)O[Si](C)(C)C(C)(C)C)c1Br. The summed E-state index contributed by atoms with van der Waals surface area (Å²) in [6.45, 7) is 15.5. The lowest BCUT2D eigenvalue weighted by Gasteiger charge is -2.41. The molecule has 0 spiro atoms. The maximum Gasteiger partial charge on any atom is 0.192 e. The Bertz CT molecular complexity index is 1130. The highest BCUT2D eigenvalue weighted by atomic mass is 79.9. The molecule has 0 radical (unpaired) electrons. The zero-order valence-electron chi connectivity index (χ0n) is 23.9. The van der Waals surface area contributed by atoms with Gasteiger partial charge in [0.15, 0.2) is 8.32 Å². The molecule has 0 aliphatic carbocycles. The van der Waals surface area contributed by atoms with Gasteiger partial charge in [0.05, 0.1) is 44.1 Å². The Hall–Kier alpha value is -1.96. The largest absolute Gasteiger partial charge is 0.496 e. The maximum absolute atomic E-state index is 7.10. The van der Waals surface area contributed by atoms with E-state index in [1.54, 1.807) is 7.11 Å². The number of hydrogen-bond donors (Lipinski definition) is 0. The number of ether oxygens (including phenoxy) is 3. The molecule has 0 aliphatic rings. The molecule has 0 aromatic heterocycles. The molecule has 0 saturated heterocycles. The lowest BCUT2D eigenvalue weighted by molar-refractivity contribution is -0.00340. The van der Waals surface area contributed by atoms with Gasteiger partial charge in [-0.05, 0) is 69.3 Å². The van der Waals surface area contributed by atoms with E-state index in [9.17, 15) is 0 Å². The van der Waals surface area contributed by atoms with Crippen LogP contribution in [-0.2, 0) is 27.1 Å². The van der Waals surface area contributed by atoms with Crippen molar-refractivity contribution in [2.75, 3.05) is 20.3 Å². The Morgan fingerprint density at radius 2 is 1.34 bits per heavy atom. The van der Waals surface area contributed by atoms with Crippen molar-refractivity contribution >= 4 is 24.2 Å². The number of methoxy groups -OCH3 is 1. The smallest absolute Gasteiger partial charge is 0.192 e. The van der Waals surface area contributed by atoms with Gasteiger partial charge < -0.3 is 18.6 Å². The van der Waals surface area contributed by atoms with Crippen LogP contribution in [0.5, 0.6) is 5.75 Å². The van der Waals surface area contributed by atoms with Crippen molar-refractivity contribution in [3.8, 4) is 5.75 Å².